The summed E-state index contributed by atoms with van der Waals surface area (Å²) in [4.78, 5) is 59.4. The highest BCUT2D eigenvalue weighted by Crippen LogP contribution is 2.34. The topological polar surface area (TPSA) is 139 Å². The number of carbonyl (C=O) groups excluding carboxylic acids is 2. The molecule has 1 aliphatic rings. The summed E-state index contributed by atoms with van der Waals surface area (Å²) in [6, 6.07) is 11.2. The molecule has 1 N–H and O–H groups in total. The van der Waals surface area contributed by atoms with Gasteiger partial charge in [-0.3, -0.25) is 23.5 Å². The third kappa shape index (κ3) is 5.83. The second-order valence-corrected chi connectivity index (χ2v) is 11.4. The van der Waals surface area contributed by atoms with Gasteiger partial charge in [-0.05, 0) is 56.2 Å². The number of benzene rings is 2. The normalized spacial score (nSPS) is 13.2. The maximum atomic E-state index is 14.3. The average molecular weight is 591 g/mol. The molecule has 5 rings (SSSR count). The smallest absolute Gasteiger partial charge is 0.332 e. The predicted molar refractivity (Wildman–Crippen MR) is 157 cm³/mol. The van der Waals surface area contributed by atoms with Gasteiger partial charge in [0.25, 0.3) is 5.56 Å². The summed E-state index contributed by atoms with van der Waals surface area (Å²) in [6.07, 6.45) is 1.35. The van der Waals surface area contributed by atoms with Crippen LogP contribution in [-0.4, -0.2) is 54.8 Å². The van der Waals surface area contributed by atoms with Crippen molar-refractivity contribution in [3.8, 4) is 17.2 Å². The zero-order valence-electron chi connectivity index (χ0n) is 24.9. The number of imidazole rings is 1. The van der Waals surface area contributed by atoms with Crippen LogP contribution in [0.15, 0.2) is 58.4 Å². The molecular formula is C30H34N6O7. The van der Waals surface area contributed by atoms with E-state index in [2.05, 4.69) is 10.3 Å². The number of aromatic nitrogens is 4. The number of rotatable bonds is 8. The minimum absolute atomic E-state index is 0.0346. The lowest BCUT2D eigenvalue weighted by Crippen LogP contribution is -2.49. The Labute approximate surface area is 247 Å². The standard InChI is InChI=1S/C30H34N6O7/c1-30(2,3)32-27(38)24(19-8-10-20(41-6)11-9-19)36(14-18-7-12-21-22(13-18)43-17-42-21)23(37)15-35-16-31-26-25(35)28(39)34(5)29(40)33(26)4/h7-13,16,24H,14-15,17H2,1-6H3,(H,32,38). The fourth-order valence-corrected chi connectivity index (χ4v) is 5.01. The number of amides is 2. The number of nitrogens with one attached hydrogen (secondary N) is 1. The van der Waals surface area contributed by atoms with Crippen LogP contribution in [0.4, 0.5) is 0 Å². The number of ether oxygens (including phenoxy) is 3. The second kappa shape index (κ2) is 11.3. The largest absolute Gasteiger partial charge is 0.497 e. The van der Waals surface area contributed by atoms with Gasteiger partial charge in [0.2, 0.25) is 18.6 Å². The fraction of sp³-hybridized carbons (Fsp3) is 0.367. The highest BCUT2D eigenvalue weighted by Gasteiger charge is 2.34. The first-order valence-electron chi connectivity index (χ1n) is 13.6. The van der Waals surface area contributed by atoms with Crippen molar-refractivity contribution in [1.29, 1.82) is 0 Å². The van der Waals surface area contributed by atoms with Crippen molar-refractivity contribution in [2.24, 2.45) is 14.1 Å². The lowest BCUT2D eigenvalue weighted by atomic mass is 10.0. The molecule has 0 fully saturated rings. The van der Waals surface area contributed by atoms with E-state index in [4.69, 9.17) is 14.2 Å². The number of aryl methyl sites for hydroxylation is 1. The molecule has 226 valence electrons. The van der Waals surface area contributed by atoms with Gasteiger partial charge in [0.05, 0.1) is 13.4 Å². The Bertz CT molecular complexity index is 1810. The Morgan fingerprint density at radius 2 is 1.74 bits per heavy atom. The molecule has 2 amide bonds. The number of methoxy groups -OCH3 is 1. The number of fused-ring (bicyclic) bond motifs is 2. The fourth-order valence-electron chi connectivity index (χ4n) is 5.01. The van der Waals surface area contributed by atoms with Gasteiger partial charge in [0, 0.05) is 26.2 Å². The molecular weight excluding hydrogens is 556 g/mol. The van der Waals surface area contributed by atoms with E-state index in [0.29, 0.717) is 28.4 Å². The molecule has 13 nitrogen and oxygen atoms in total. The zero-order valence-corrected chi connectivity index (χ0v) is 24.9. The summed E-state index contributed by atoms with van der Waals surface area (Å²) in [5.41, 5.74) is -0.187. The molecule has 13 heteroatoms. The Morgan fingerprint density at radius 1 is 1.05 bits per heavy atom. The lowest BCUT2D eigenvalue weighted by molar-refractivity contribution is -0.142. The van der Waals surface area contributed by atoms with Crippen LogP contribution in [0.3, 0.4) is 0 Å². The van der Waals surface area contributed by atoms with Crippen LogP contribution in [-0.2, 0) is 36.8 Å². The molecule has 0 saturated carbocycles. The van der Waals surface area contributed by atoms with Crippen molar-refractivity contribution in [3.63, 3.8) is 0 Å². The van der Waals surface area contributed by atoms with Crippen molar-refractivity contribution in [1.82, 2.24) is 28.9 Å². The molecule has 0 bridgehead atoms. The highest BCUT2D eigenvalue weighted by molar-refractivity contribution is 5.89. The summed E-state index contributed by atoms with van der Waals surface area (Å²) < 4.78 is 19.9. The molecule has 2 aromatic carbocycles. The third-order valence-electron chi connectivity index (χ3n) is 7.12. The van der Waals surface area contributed by atoms with Gasteiger partial charge in [-0.25, -0.2) is 9.78 Å². The van der Waals surface area contributed by atoms with E-state index in [1.54, 1.807) is 49.6 Å². The van der Waals surface area contributed by atoms with Gasteiger partial charge in [0.1, 0.15) is 18.3 Å². The van der Waals surface area contributed by atoms with E-state index in [9.17, 15) is 19.2 Å². The molecule has 0 radical (unpaired) electrons. The van der Waals surface area contributed by atoms with Crippen LogP contribution in [0.2, 0.25) is 0 Å². The van der Waals surface area contributed by atoms with Crippen LogP contribution in [0, 0.1) is 0 Å². The van der Waals surface area contributed by atoms with Crippen molar-refractivity contribution < 1.29 is 23.8 Å². The summed E-state index contributed by atoms with van der Waals surface area (Å²) in [5.74, 6) is 0.872. The quantitative estimate of drug-likeness (QED) is 0.328. The van der Waals surface area contributed by atoms with Crippen LogP contribution in [0.25, 0.3) is 11.2 Å². The maximum absolute atomic E-state index is 14.3. The van der Waals surface area contributed by atoms with E-state index >= 15 is 0 Å². The first-order chi connectivity index (χ1) is 20.4. The summed E-state index contributed by atoms with van der Waals surface area (Å²) >= 11 is 0. The van der Waals surface area contributed by atoms with Gasteiger partial charge in [0.15, 0.2) is 22.7 Å². The number of hydrogen-bond acceptors (Lipinski definition) is 8. The maximum Gasteiger partial charge on any atom is 0.332 e. The van der Waals surface area contributed by atoms with Gasteiger partial charge in [-0.2, -0.15) is 0 Å². The number of hydrogen-bond donors (Lipinski definition) is 1. The highest BCUT2D eigenvalue weighted by atomic mass is 16.7. The molecule has 43 heavy (non-hydrogen) atoms. The second-order valence-electron chi connectivity index (χ2n) is 11.4. The molecule has 0 aliphatic carbocycles. The van der Waals surface area contributed by atoms with Crippen molar-refractivity contribution >= 4 is 23.0 Å². The Balaban J connectivity index is 1.61. The van der Waals surface area contributed by atoms with Gasteiger partial charge >= 0.3 is 5.69 Å². The van der Waals surface area contributed by atoms with Crippen LogP contribution < -0.4 is 30.8 Å². The molecule has 0 saturated heterocycles. The Morgan fingerprint density at radius 3 is 2.42 bits per heavy atom. The van der Waals surface area contributed by atoms with Crippen molar-refractivity contribution in [2.75, 3.05) is 13.9 Å². The van der Waals surface area contributed by atoms with E-state index in [0.717, 1.165) is 4.57 Å². The molecule has 1 unspecified atom stereocenters. The summed E-state index contributed by atoms with van der Waals surface area (Å²) in [7, 11) is 4.42. The molecule has 3 heterocycles. The average Bonchev–Trinajstić information content (AvgIpc) is 3.61. The lowest BCUT2D eigenvalue weighted by Gasteiger charge is -2.34. The molecule has 0 spiro atoms. The van der Waals surface area contributed by atoms with E-state index in [1.165, 1.54) is 34.5 Å². The minimum atomic E-state index is -1.05. The molecule has 4 aromatic rings. The molecule has 1 atom stereocenters. The van der Waals surface area contributed by atoms with Crippen LogP contribution in [0.5, 0.6) is 17.2 Å². The van der Waals surface area contributed by atoms with Crippen LogP contribution in [0.1, 0.15) is 37.9 Å². The monoisotopic (exact) mass is 590 g/mol. The van der Waals surface area contributed by atoms with Gasteiger partial charge in [-0.15, -0.1) is 0 Å². The number of carbonyl (C=O) groups is 2. The van der Waals surface area contributed by atoms with Crippen LogP contribution >= 0.6 is 0 Å². The van der Waals surface area contributed by atoms with Gasteiger partial charge in [-0.1, -0.05) is 18.2 Å². The van der Waals surface area contributed by atoms with Crippen molar-refractivity contribution in [3.05, 3.63) is 80.8 Å². The number of nitrogens with zero attached hydrogens (tertiary/aromatic N) is 5. The first kappa shape index (κ1) is 29.4. The van der Waals surface area contributed by atoms with E-state index in [1.807, 2.05) is 20.8 Å². The summed E-state index contributed by atoms with van der Waals surface area (Å²) in [5, 5.41) is 3.01. The van der Waals surface area contributed by atoms with E-state index < -0.39 is 28.7 Å². The first-order valence-corrected chi connectivity index (χ1v) is 13.6. The molecule has 2 aromatic heterocycles. The van der Waals surface area contributed by atoms with Crippen molar-refractivity contribution in [2.45, 2.75) is 45.4 Å². The molecule has 1 aliphatic heterocycles. The van der Waals surface area contributed by atoms with E-state index in [-0.39, 0.29) is 37.0 Å². The Hall–Kier alpha value is -5.07. The summed E-state index contributed by atoms with van der Waals surface area (Å²) in [6.45, 7) is 5.39. The Kier molecular flexibility index (Phi) is 7.74. The third-order valence-corrected chi connectivity index (χ3v) is 7.12. The van der Waals surface area contributed by atoms with Gasteiger partial charge < -0.3 is 29.0 Å². The SMILES string of the molecule is COc1ccc(C(C(=O)NC(C)(C)C)N(Cc2ccc3c(c2)OCO3)C(=O)Cn2cnc3c2c(=O)n(C)c(=O)n3C)cc1. The zero-order chi connectivity index (χ0) is 31.1. The minimum Gasteiger partial charge on any atom is -0.497 e. The predicted octanol–water partition coefficient (Wildman–Crippen LogP) is 1.86.